The van der Waals surface area contributed by atoms with E-state index in [1.165, 1.54) is 37.2 Å². The number of esters is 1. The van der Waals surface area contributed by atoms with E-state index in [1.807, 2.05) is 6.92 Å². The summed E-state index contributed by atoms with van der Waals surface area (Å²) in [6, 6.07) is 7.87. The lowest BCUT2D eigenvalue weighted by molar-refractivity contribution is -0.139. The SMILES string of the molecule is CCCC1=C(C(=O)OCC)[C@@H](c2cc(OC)ccc2OC)n2c(s/c(=C/c3cc(OC)c(OC)cc3OC)c2=O)=N1. The average molecular weight is 583 g/mol. The Hall–Kier alpha value is -4.25. The Labute approximate surface area is 242 Å². The third-order valence-electron chi connectivity index (χ3n) is 6.65. The van der Waals surface area contributed by atoms with E-state index < -0.39 is 12.0 Å². The van der Waals surface area contributed by atoms with Crippen molar-refractivity contribution >= 4 is 23.4 Å². The van der Waals surface area contributed by atoms with E-state index in [2.05, 4.69) is 0 Å². The molecule has 0 unspecified atom stereocenters. The molecule has 0 saturated carbocycles. The van der Waals surface area contributed by atoms with E-state index in [4.69, 9.17) is 33.4 Å². The van der Waals surface area contributed by atoms with Crippen LogP contribution in [0.1, 0.15) is 43.9 Å². The number of rotatable bonds is 11. The van der Waals surface area contributed by atoms with Gasteiger partial charge in [0.1, 0.15) is 23.3 Å². The highest BCUT2D eigenvalue weighted by atomic mass is 32.1. The van der Waals surface area contributed by atoms with Crippen LogP contribution in [0.4, 0.5) is 0 Å². The predicted octanol–water partition coefficient (Wildman–Crippen LogP) is 3.62. The molecule has 11 heteroatoms. The molecule has 218 valence electrons. The molecule has 0 fully saturated rings. The summed E-state index contributed by atoms with van der Waals surface area (Å²) in [4.78, 5) is 32.9. The summed E-state index contributed by atoms with van der Waals surface area (Å²) in [5.74, 6) is 1.99. The van der Waals surface area contributed by atoms with Crippen molar-refractivity contribution in [3.63, 3.8) is 0 Å². The summed E-state index contributed by atoms with van der Waals surface area (Å²) in [5.41, 5.74) is 1.72. The van der Waals surface area contributed by atoms with Gasteiger partial charge in [0.25, 0.3) is 5.56 Å². The average Bonchev–Trinajstić information content (AvgIpc) is 3.29. The summed E-state index contributed by atoms with van der Waals surface area (Å²) >= 11 is 1.22. The van der Waals surface area contributed by atoms with Gasteiger partial charge in [-0.3, -0.25) is 9.36 Å². The molecule has 41 heavy (non-hydrogen) atoms. The van der Waals surface area contributed by atoms with Gasteiger partial charge in [0.2, 0.25) is 0 Å². The van der Waals surface area contributed by atoms with Gasteiger partial charge >= 0.3 is 5.97 Å². The third-order valence-corrected chi connectivity index (χ3v) is 7.63. The van der Waals surface area contributed by atoms with Gasteiger partial charge in [-0.05, 0) is 43.7 Å². The molecule has 3 aromatic rings. The molecule has 2 aromatic carbocycles. The van der Waals surface area contributed by atoms with Gasteiger partial charge in [-0.25, -0.2) is 9.79 Å². The number of methoxy groups -OCH3 is 5. The van der Waals surface area contributed by atoms with Gasteiger partial charge in [-0.2, -0.15) is 0 Å². The maximum absolute atomic E-state index is 14.2. The van der Waals surface area contributed by atoms with Crippen molar-refractivity contribution in [2.45, 2.75) is 32.7 Å². The minimum Gasteiger partial charge on any atom is -0.497 e. The molecule has 0 amide bonds. The first-order valence-corrected chi connectivity index (χ1v) is 13.9. The number of nitrogens with zero attached hydrogens (tertiary/aromatic N) is 2. The molecule has 10 nitrogen and oxygen atoms in total. The Morgan fingerprint density at radius 3 is 2.22 bits per heavy atom. The molecule has 0 saturated heterocycles. The van der Waals surface area contributed by atoms with Crippen LogP contribution in [0.3, 0.4) is 0 Å². The second kappa shape index (κ2) is 12.9. The molecule has 2 heterocycles. The van der Waals surface area contributed by atoms with Gasteiger partial charge in [0.15, 0.2) is 16.3 Å². The summed E-state index contributed by atoms with van der Waals surface area (Å²) in [6.07, 6.45) is 2.98. The second-order valence-electron chi connectivity index (χ2n) is 8.97. The zero-order chi connectivity index (χ0) is 29.7. The summed E-state index contributed by atoms with van der Waals surface area (Å²) in [6.45, 7) is 3.92. The number of hydrogen-bond donors (Lipinski definition) is 0. The van der Waals surface area contributed by atoms with Crippen LogP contribution in [-0.4, -0.2) is 52.7 Å². The highest BCUT2D eigenvalue weighted by molar-refractivity contribution is 7.07. The number of ether oxygens (including phenoxy) is 6. The van der Waals surface area contributed by atoms with Crippen molar-refractivity contribution in [1.82, 2.24) is 4.57 Å². The molecule has 0 spiro atoms. The van der Waals surface area contributed by atoms with Gasteiger partial charge in [-0.15, -0.1) is 0 Å². The van der Waals surface area contributed by atoms with E-state index >= 15 is 0 Å². The van der Waals surface area contributed by atoms with E-state index in [9.17, 15) is 9.59 Å². The molecule has 1 aliphatic heterocycles. The van der Waals surface area contributed by atoms with Crippen molar-refractivity contribution in [2.24, 2.45) is 4.99 Å². The Bertz CT molecular complexity index is 1650. The lowest BCUT2D eigenvalue weighted by Crippen LogP contribution is -2.40. The largest absolute Gasteiger partial charge is 0.497 e. The molecule has 0 radical (unpaired) electrons. The van der Waals surface area contributed by atoms with Gasteiger partial charge in [-0.1, -0.05) is 24.7 Å². The smallest absolute Gasteiger partial charge is 0.338 e. The summed E-state index contributed by atoms with van der Waals surface area (Å²) in [5, 5.41) is 0. The summed E-state index contributed by atoms with van der Waals surface area (Å²) in [7, 11) is 7.71. The standard InChI is InChI=1S/C30H34N2O8S/c1-8-10-20-26(29(34)40-9-2)27(19-15-18(35-3)11-12-21(19)36-4)32-28(33)25(41-30(32)31-20)14-17-13-23(38-6)24(39-7)16-22(17)37-5/h11-16,27H,8-10H2,1-7H3/b25-14+/t27-/m1/s1. The minimum atomic E-state index is -0.855. The highest BCUT2D eigenvalue weighted by Crippen LogP contribution is 2.39. The molecular formula is C30H34N2O8S. The molecule has 1 aliphatic rings. The van der Waals surface area contributed by atoms with E-state index in [-0.39, 0.29) is 12.2 Å². The normalized spacial score (nSPS) is 14.7. The fourth-order valence-corrected chi connectivity index (χ4v) is 5.79. The Morgan fingerprint density at radius 1 is 0.927 bits per heavy atom. The van der Waals surface area contributed by atoms with Crippen LogP contribution >= 0.6 is 11.3 Å². The Kier molecular flexibility index (Phi) is 9.38. The maximum Gasteiger partial charge on any atom is 0.338 e. The Balaban J connectivity index is 2.07. The molecule has 4 rings (SSSR count). The number of fused-ring (bicyclic) bond motifs is 1. The first-order chi connectivity index (χ1) is 19.8. The van der Waals surface area contributed by atoms with Crippen LogP contribution < -0.4 is 38.6 Å². The fourth-order valence-electron chi connectivity index (χ4n) is 4.78. The fraction of sp³-hybridized carbons (Fsp3) is 0.367. The zero-order valence-electron chi connectivity index (χ0n) is 24.2. The van der Waals surface area contributed by atoms with Crippen molar-refractivity contribution in [1.29, 1.82) is 0 Å². The first kappa shape index (κ1) is 29.7. The minimum absolute atomic E-state index is 0.174. The second-order valence-corrected chi connectivity index (χ2v) is 9.98. The van der Waals surface area contributed by atoms with Crippen LogP contribution in [0.2, 0.25) is 0 Å². The van der Waals surface area contributed by atoms with Crippen molar-refractivity contribution in [3.8, 4) is 28.7 Å². The topological polar surface area (TPSA) is 107 Å². The van der Waals surface area contributed by atoms with E-state index in [0.717, 1.165) is 6.42 Å². The van der Waals surface area contributed by atoms with E-state index in [0.29, 0.717) is 66.9 Å². The van der Waals surface area contributed by atoms with Crippen LogP contribution in [0.15, 0.2) is 51.4 Å². The maximum atomic E-state index is 14.2. The molecule has 0 aliphatic carbocycles. The van der Waals surface area contributed by atoms with E-state index in [1.54, 1.807) is 57.6 Å². The van der Waals surface area contributed by atoms with Crippen LogP contribution in [-0.2, 0) is 9.53 Å². The quantitative estimate of drug-likeness (QED) is 0.316. The first-order valence-electron chi connectivity index (χ1n) is 13.1. The number of allylic oxidation sites excluding steroid dienone is 1. The highest BCUT2D eigenvalue weighted by Gasteiger charge is 2.36. The molecule has 1 aromatic heterocycles. The summed E-state index contributed by atoms with van der Waals surface area (Å²) < 4.78 is 35.0. The monoisotopic (exact) mass is 582 g/mol. The lowest BCUT2D eigenvalue weighted by Gasteiger charge is -2.27. The van der Waals surface area contributed by atoms with Crippen LogP contribution in [0.5, 0.6) is 28.7 Å². The van der Waals surface area contributed by atoms with Crippen LogP contribution in [0, 0.1) is 0 Å². The molecule has 1 atom stereocenters. The number of aromatic nitrogens is 1. The Morgan fingerprint density at radius 2 is 1.61 bits per heavy atom. The van der Waals surface area contributed by atoms with Crippen molar-refractivity contribution in [2.75, 3.05) is 42.2 Å². The number of benzene rings is 2. The van der Waals surface area contributed by atoms with Gasteiger partial charge < -0.3 is 28.4 Å². The van der Waals surface area contributed by atoms with Crippen molar-refractivity contribution < 1.29 is 33.2 Å². The predicted molar refractivity (Wildman–Crippen MR) is 155 cm³/mol. The number of carbonyl (C=O) groups is 1. The number of thiazole rings is 1. The molecular weight excluding hydrogens is 548 g/mol. The zero-order valence-corrected chi connectivity index (χ0v) is 25.0. The lowest BCUT2D eigenvalue weighted by atomic mass is 9.93. The van der Waals surface area contributed by atoms with Gasteiger partial charge in [0.05, 0.1) is 58.0 Å². The number of hydrogen-bond acceptors (Lipinski definition) is 10. The van der Waals surface area contributed by atoms with Crippen LogP contribution in [0.25, 0.3) is 6.08 Å². The van der Waals surface area contributed by atoms with Gasteiger partial charge in [0, 0.05) is 17.2 Å². The molecule has 0 bridgehead atoms. The number of carbonyl (C=O) groups excluding carboxylic acids is 1. The third kappa shape index (κ3) is 5.67. The molecule has 0 N–H and O–H groups in total. The van der Waals surface area contributed by atoms with Crippen molar-refractivity contribution in [3.05, 3.63) is 72.4 Å².